The number of nitrogens with two attached hydrogens (primary N) is 1. The van der Waals surface area contributed by atoms with E-state index in [2.05, 4.69) is 10.6 Å². The molecule has 1 saturated heterocycles. The number of rotatable bonds is 8. The zero-order chi connectivity index (χ0) is 28.4. The number of benzene rings is 3. The SMILES string of the molecule is CN1C(=O)NC(=O)C1=Cc1ccc(N=C(c2ccc(CCCN)cc2)C2C(=O)Nc3ccc([N+](=O)[O-])cc32)cc1. The molecule has 1 fully saturated rings. The van der Waals surface area contributed by atoms with E-state index in [-0.39, 0.29) is 17.3 Å². The Kier molecular flexibility index (Phi) is 7.21. The summed E-state index contributed by atoms with van der Waals surface area (Å²) in [6.45, 7) is 0.580. The number of non-ortho nitro benzene ring substituents is 1. The van der Waals surface area contributed by atoms with Gasteiger partial charge in [-0.25, -0.2) is 4.79 Å². The number of nitro groups is 1. The second kappa shape index (κ2) is 10.9. The van der Waals surface area contributed by atoms with Gasteiger partial charge in [-0.1, -0.05) is 36.4 Å². The van der Waals surface area contributed by atoms with Crippen molar-refractivity contribution in [3.8, 4) is 0 Å². The summed E-state index contributed by atoms with van der Waals surface area (Å²) in [5, 5.41) is 16.5. The molecular formula is C29H26N6O5. The van der Waals surface area contributed by atoms with Gasteiger partial charge in [0.05, 0.1) is 16.3 Å². The molecule has 1 atom stereocenters. The molecule has 3 aromatic rings. The summed E-state index contributed by atoms with van der Waals surface area (Å²) < 4.78 is 0. The van der Waals surface area contributed by atoms with Crippen LogP contribution in [-0.2, 0) is 16.0 Å². The van der Waals surface area contributed by atoms with Crippen LogP contribution in [0.25, 0.3) is 6.08 Å². The van der Waals surface area contributed by atoms with Crippen LogP contribution in [0.2, 0.25) is 0 Å². The molecule has 0 bridgehead atoms. The van der Waals surface area contributed by atoms with Gasteiger partial charge in [-0.15, -0.1) is 0 Å². The lowest BCUT2D eigenvalue weighted by atomic mass is 9.89. The van der Waals surface area contributed by atoms with Gasteiger partial charge in [-0.3, -0.25) is 34.9 Å². The summed E-state index contributed by atoms with van der Waals surface area (Å²) in [5.74, 6) is -1.68. The number of urea groups is 1. The molecule has 3 aromatic carbocycles. The highest BCUT2D eigenvalue weighted by Crippen LogP contribution is 2.38. The van der Waals surface area contributed by atoms with Crippen molar-refractivity contribution in [2.24, 2.45) is 10.7 Å². The van der Waals surface area contributed by atoms with E-state index in [9.17, 15) is 24.5 Å². The maximum Gasteiger partial charge on any atom is 0.328 e. The average Bonchev–Trinajstić information content (AvgIpc) is 3.40. The number of nitrogens with one attached hydrogen (secondary N) is 2. The zero-order valence-electron chi connectivity index (χ0n) is 21.6. The Morgan fingerprint density at radius 1 is 1.05 bits per heavy atom. The lowest BCUT2D eigenvalue weighted by Gasteiger charge is -2.15. The molecule has 5 rings (SSSR count). The number of aryl methyl sites for hydroxylation is 1. The number of nitro benzene ring substituents is 1. The predicted octanol–water partition coefficient (Wildman–Crippen LogP) is 3.87. The van der Waals surface area contributed by atoms with E-state index in [0.29, 0.717) is 40.3 Å². The van der Waals surface area contributed by atoms with Gasteiger partial charge in [0.2, 0.25) is 5.91 Å². The van der Waals surface area contributed by atoms with Crippen molar-refractivity contribution >= 4 is 46.7 Å². The molecular weight excluding hydrogens is 512 g/mol. The molecule has 11 heteroatoms. The van der Waals surface area contributed by atoms with Crippen LogP contribution in [0.4, 0.5) is 21.9 Å². The maximum atomic E-state index is 13.2. The zero-order valence-corrected chi connectivity index (χ0v) is 21.6. The van der Waals surface area contributed by atoms with Gasteiger partial charge < -0.3 is 11.1 Å². The Morgan fingerprint density at radius 3 is 2.40 bits per heavy atom. The molecule has 2 heterocycles. The first-order valence-electron chi connectivity index (χ1n) is 12.6. The van der Waals surface area contributed by atoms with Crippen molar-refractivity contribution in [3.05, 3.63) is 105 Å². The number of aliphatic imine (C=N–C) groups is 1. The lowest BCUT2D eigenvalue weighted by Crippen LogP contribution is -2.24. The van der Waals surface area contributed by atoms with E-state index in [1.807, 2.05) is 24.3 Å². The Bertz CT molecular complexity index is 1580. The molecule has 202 valence electrons. The monoisotopic (exact) mass is 538 g/mol. The van der Waals surface area contributed by atoms with Gasteiger partial charge in [0.15, 0.2) is 0 Å². The fourth-order valence-corrected chi connectivity index (χ4v) is 4.69. The van der Waals surface area contributed by atoms with Crippen molar-refractivity contribution in [2.45, 2.75) is 18.8 Å². The standard InChI is InChI=1S/C29H26N6O5/c1-34-24(27(36)33-29(34)38)15-18-6-10-20(11-7-18)31-26(19-8-4-17(5-9-19)3-2-14-30)25-22-16-21(35(39)40)12-13-23(22)32-28(25)37/h4-13,15-16,25H,2-3,14,30H2,1H3,(H,32,37)(H,33,36,38). The Hall–Kier alpha value is -5.16. The minimum atomic E-state index is -0.867. The van der Waals surface area contributed by atoms with Crippen LogP contribution in [0.15, 0.2) is 77.4 Å². The lowest BCUT2D eigenvalue weighted by molar-refractivity contribution is -0.384. The van der Waals surface area contributed by atoms with Gasteiger partial charge in [0.25, 0.3) is 11.6 Å². The second-order valence-corrected chi connectivity index (χ2v) is 9.48. The minimum absolute atomic E-state index is 0.117. The summed E-state index contributed by atoms with van der Waals surface area (Å²) in [6, 6.07) is 18.5. The van der Waals surface area contributed by atoms with Crippen LogP contribution < -0.4 is 16.4 Å². The highest BCUT2D eigenvalue weighted by molar-refractivity contribution is 6.24. The van der Waals surface area contributed by atoms with Crippen LogP contribution in [0.5, 0.6) is 0 Å². The topological polar surface area (TPSA) is 160 Å². The first-order valence-corrected chi connectivity index (χ1v) is 12.6. The molecule has 0 spiro atoms. The highest BCUT2D eigenvalue weighted by atomic mass is 16.6. The first-order chi connectivity index (χ1) is 19.2. The summed E-state index contributed by atoms with van der Waals surface area (Å²) in [4.78, 5) is 54.0. The van der Waals surface area contributed by atoms with Gasteiger partial charge in [-0.05, 0) is 60.4 Å². The number of imide groups is 1. The van der Waals surface area contributed by atoms with Crippen LogP contribution in [-0.4, -0.2) is 47.0 Å². The number of amides is 4. The summed E-state index contributed by atoms with van der Waals surface area (Å²) in [6.07, 6.45) is 3.25. The fourth-order valence-electron chi connectivity index (χ4n) is 4.69. The summed E-state index contributed by atoms with van der Waals surface area (Å²) >= 11 is 0. The molecule has 0 radical (unpaired) electrons. The highest BCUT2D eigenvalue weighted by Gasteiger charge is 2.37. The van der Waals surface area contributed by atoms with Crippen LogP contribution >= 0.6 is 0 Å². The number of anilines is 1. The van der Waals surface area contributed by atoms with Crippen LogP contribution in [0.1, 0.15) is 34.6 Å². The molecule has 11 nitrogen and oxygen atoms in total. The number of likely N-dealkylation sites (N-methyl/N-ethyl adjacent to an activating group) is 1. The normalized spacial score (nSPS) is 17.7. The van der Waals surface area contributed by atoms with Crippen molar-refractivity contribution in [1.29, 1.82) is 0 Å². The van der Waals surface area contributed by atoms with Gasteiger partial charge in [0, 0.05) is 30.4 Å². The molecule has 4 N–H and O–H groups in total. The smallest absolute Gasteiger partial charge is 0.328 e. The third kappa shape index (κ3) is 5.22. The maximum absolute atomic E-state index is 13.2. The van der Waals surface area contributed by atoms with E-state index in [1.54, 1.807) is 30.3 Å². The van der Waals surface area contributed by atoms with Crippen molar-refractivity contribution in [3.63, 3.8) is 0 Å². The second-order valence-electron chi connectivity index (χ2n) is 9.48. The van der Waals surface area contributed by atoms with Crippen molar-refractivity contribution in [2.75, 3.05) is 18.9 Å². The number of fused-ring (bicyclic) bond motifs is 1. The number of carbonyl (C=O) groups excluding carboxylic acids is 3. The van der Waals surface area contributed by atoms with E-state index in [1.165, 1.54) is 30.1 Å². The van der Waals surface area contributed by atoms with E-state index < -0.39 is 22.8 Å². The quantitative estimate of drug-likeness (QED) is 0.130. The third-order valence-electron chi connectivity index (χ3n) is 6.83. The van der Waals surface area contributed by atoms with E-state index in [4.69, 9.17) is 10.7 Å². The Morgan fingerprint density at radius 2 is 1.77 bits per heavy atom. The predicted molar refractivity (Wildman–Crippen MR) is 150 cm³/mol. The molecule has 4 amide bonds. The summed E-state index contributed by atoms with van der Waals surface area (Å²) in [7, 11) is 1.51. The van der Waals surface area contributed by atoms with Gasteiger partial charge >= 0.3 is 6.03 Å². The van der Waals surface area contributed by atoms with E-state index in [0.717, 1.165) is 18.4 Å². The molecule has 0 aliphatic carbocycles. The molecule has 1 unspecified atom stereocenters. The number of nitrogens with zero attached hydrogens (tertiary/aromatic N) is 3. The molecule has 2 aliphatic rings. The first kappa shape index (κ1) is 26.4. The molecule has 40 heavy (non-hydrogen) atoms. The molecule has 2 aliphatic heterocycles. The number of carbonyl (C=O) groups is 3. The van der Waals surface area contributed by atoms with Crippen LogP contribution in [0, 0.1) is 10.1 Å². The fraction of sp³-hybridized carbons (Fsp3) is 0.172. The van der Waals surface area contributed by atoms with Crippen molar-refractivity contribution < 1.29 is 19.3 Å². The van der Waals surface area contributed by atoms with Crippen LogP contribution in [0.3, 0.4) is 0 Å². The Labute approximate surface area is 229 Å². The van der Waals surface area contributed by atoms with E-state index >= 15 is 0 Å². The number of hydrogen-bond donors (Lipinski definition) is 3. The van der Waals surface area contributed by atoms with Gasteiger partial charge in [0.1, 0.15) is 11.6 Å². The van der Waals surface area contributed by atoms with Crippen molar-refractivity contribution in [1.82, 2.24) is 10.2 Å². The molecule has 0 aromatic heterocycles. The Balaban J connectivity index is 1.55. The third-order valence-corrected chi connectivity index (χ3v) is 6.83. The van der Waals surface area contributed by atoms with Gasteiger partial charge in [-0.2, -0.15) is 0 Å². The molecule has 0 saturated carbocycles. The summed E-state index contributed by atoms with van der Waals surface area (Å²) in [5.41, 5.74) is 10.2. The number of hydrogen-bond acceptors (Lipinski definition) is 7. The largest absolute Gasteiger partial charge is 0.330 e. The minimum Gasteiger partial charge on any atom is -0.330 e. The average molecular weight is 539 g/mol.